The fourth-order valence-electron chi connectivity index (χ4n) is 2.67. The summed E-state index contributed by atoms with van der Waals surface area (Å²) in [4.78, 5) is 4.22. The summed E-state index contributed by atoms with van der Waals surface area (Å²) in [6.07, 6.45) is 0.508. The zero-order valence-corrected chi connectivity index (χ0v) is 13.7. The minimum atomic E-state index is -0.453. The summed E-state index contributed by atoms with van der Waals surface area (Å²) >= 11 is 0. The summed E-state index contributed by atoms with van der Waals surface area (Å²) in [5.74, 6) is -0.662. The number of nitrogens with zero attached hydrogens (tertiary/aromatic N) is 5. The Labute approximate surface area is 147 Å². The summed E-state index contributed by atoms with van der Waals surface area (Å²) in [6, 6.07) is 12.4. The maximum Gasteiger partial charge on any atom is 0.280 e. The van der Waals surface area contributed by atoms with E-state index in [2.05, 4.69) is 20.5 Å². The molecule has 0 atom stereocenters. The first kappa shape index (κ1) is 16.1. The highest BCUT2D eigenvalue weighted by molar-refractivity contribution is 5.59. The molecule has 0 saturated carbocycles. The van der Waals surface area contributed by atoms with Gasteiger partial charge in [-0.05, 0) is 30.7 Å². The van der Waals surface area contributed by atoms with Crippen molar-refractivity contribution in [3.63, 3.8) is 0 Å². The van der Waals surface area contributed by atoms with Gasteiger partial charge in [0.15, 0.2) is 5.69 Å². The average molecular weight is 353 g/mol. The third kappa shape index (κ3) is 2.65. The Kier molecular flexibility index (Phi) is 4.00. The van der Waals surface area contributed by atoms with Crippen LogP contribution in [-0.4, -0.2) is 25.1 Å². The predicted octanol–water partition coefficient (Wildman–Crippen LogP) is 3.82. The van der Waals surface area contributed by atoms with Gasteiger partial charge in [-0.1, -0.05) is 41.6 Å². The lowest BCUT2D eigenvalue weighted by molar-refractivity contribution is 0.430. The molecular formula is C18H13F2N5O. The summed E-state index contributed by atoms with van der Waals surface area (Å²) in [6.45, 7) is 1.88. The molecule has 2 heterocycles. The molecule has 130 valence electrons. The van der Waals surface area contributed by atoms with Crippen molar-refractivity contribution >= 4 is 0 Å². The van der Waals surface area contributed by atoms with Crippen LogP contribution in [0.15, 0.2) is 53.1 Å². The van der Waals surface area contributed by atoms with Crippen molar-refractivity contribution in [2.75, 3.05) is 0 Å². The van der Waals surface area contributed by atoms with Gasteiger partial charge in [-0.2, -0.15) is 4.98 Å². The SMILES string of the molecule is CCc1c(-c2nc(-c3ccccc3F)no2)nnn1-c1ccccc1F. The minimum Gasteiger partial charge on any atom is -0.332 e. The monoisotopic (exact) mass is 353 g/mol. The molecule has 0 aliphatic rings. The Morgan fingerprint density at radius 2 is 1.73 bits per heavy atom. The largest absolute Gasteiger partial charge is 0.332 e. The van der Waals surface area contributed by atoms with Crippen LogP contribution in [0.5, 0.6) is 0 Å². The molecule has 0 spiro atoms. The highest BCUT2D eigenvalue weighted by Crippen LogP contribution is 2.26. The molecule has 0 unspecified atom stereocenters. The molecule has 0 radical (unpaired) electrons. The molecule has 0 amide bonds. The van der Waals surface area contributed by atoms with E-state index in [0.717, 1.165) is 0 Å². The standard InChI is InChI=1S/C18H13F2N5O/c1-2-14-16(22-24-25(14)15-10-6-5-9-13(15)20)18-21-17(23-26-18)11-7-3-4-8-12(11)19/h3-10H,2H2,1H3. The molecule has 0 bridgehead atoms. The molecule has 0 aliphatic carbocycles. The van der Waals surface area contributed by atoms with E-state index in [1.54, 1.807) is 36.4 Å². The number of hydrogen-bond acceptors (Lipinski definition) is 5. The zero-order chi connectivity index (χ0) is 18.1. The van der Waals surface area contributed by atoms with Crippen LogP contribution in [0.1, 0.15) is 12.6 Å². The van der Waals surface area contributed by atoms with Gasteiger partial charge in [0.25, 0.3) is 5.89 Å². The molecule has 0 aliphatic heterocycles. The molecule has 26 heavy (non-hydrogen) atoms. The Balaban J connectivity index is 1.78. The predicted molar refractivity (Wildman–Crippen MR) is 89.4 cm³/mol. The highest BCUT2D eigenvalue weighted by atomic mass is 19.1. The summed E-state index contributed by atoms with van der Waals surface area (Å²) in [7, 11) is 0. The topological polar surface area (TPSA) is 69.6 Å². The van der Waals surface area contributed by atoms with Crippen LogP contribution in [0.4, 0.5) is 8.78 Å². The molecule has 8 heteroatoms. The molecule has 2 aromatic carbocycles. The number of aromatic nitrogens is 5. The van der Waals surface area contributed by atoms with Crippen LogP contribution in [0.25, 0.3) is 28.7 Å². The highest BCUT2D eigenvalue weighted by Gasteiger charge is 2.22. The third-order valence-corrected chi connectivity index (χ3v) is 3.92. The van der Waals surface area contributed by atoms with Gasteiger partial charge in [-0.3, -0.25) is 0 Å². The van der Waals surface area contributed by atoms with Gasteiger partial charge in [0.2, 0.25) is 5.82 Å². The number of hydrogen-bond donors (Lipinski definition) is 0. The van der Waals surface area contributed by atoms with Crippen LogP contribution in [-0.2, 0) is 6.42 Å². The minimum absolute atomic E-state index is 0.0997. The van der Waals surface area contributed by atoms with Crippen molar-refractivity contribution in [1.29, 1.82) is 0 Å². The Morgan fingerprint density at radius 3 is 2.46 bits per heavy atom. The van der Waals surface area contributed by atoms with Gasteiger partial charge in [-0.15, -0.1) is 5.10 Å². The molecular weight excluding hydrogens is 340 g/mol. The first-order valence-electron chi connectivity index (χ1n) is 7.97. The van der Waals surface area contributed by atoms with Crippen molar-refractivity contribution in [1.82, 2.24) is 25.1 Å². The van der Waals surface area contributed by atoms with Crippen molar-refractivity contribution < 1.29 is 13.3 Å². The van der Waals surface area contributed by atoms with Crippen LogP contribution >= 0.6 is 0 Å². The molecule has 4 rings (SSSR count). The van der Waals surface area contributed by atoms with Crippen LogP contribution in [0, 0.1) is 11.6 Å². The van der Waals surface area contributed by atoms with E-state index in [1.165, 1.54) is 16.8 Å². The van der Waals surface area contributed by atoms with Crippen molar-refractivity contribution in [2.24, 2.45) is 0 Å². The second-order valence-corrected chi connectivity index (χ2v) is 5.50. The van der Waals surface area contributed by atoms with Crippen LogP contribution in [0.3, 0.4) is 0 Å². The Morgan fingerprint density at radius 1 is 1.00 bits per heavy atom. The summed E-state index contributed by atoms with van der Waals surface area (Å²) < 4.78 is 34.6. The van der Waals surface area contributed by atoms with E-state index in [4.69, 9.17) is 4.52 Å². The van der Waals surface area contributed by atoms with E-state index in [1.807, 2.05) is 6.92 Å². The quantitative estimate of drug-likeness (QED) is 0.558. The second kappa shape index (κ2) is 6.47. The average Bonchev–Trinajstić information content (AvgIpc) is 3.29. The van der Waals surface area contributed by atoms with E-state index in [9.17, 15) is 8.78 Å². The van der Waals surface area contributed by atoms with Gasteiger partial charge in [0.05, 0.1) is 11.3 Å². The zero-order valence-electron chi connectivity index (χ0n) is 13.7. The number of halogens is 2. The van der Waals surface area contributed by atoms with Gasteiger partial charge in [0.1, 0.15) is 17.3 Å². The van der Waals surface area contributed by atoms with E-state index < -0.39 is 11.6 Å². The Bertz CT molecular complexity index is 1070. The number of benzene rings is 2. The van der Waals surface area contributed by atoms with Crippen LogP contribution in [0.2, 0.25) is 0 Å². The maximum atomic E-state index is 14.1. The molecule has 2 aromatic heterocycles. The van der Waals surface area contributed by atoms with Crippen molar-refractivity contribution in [2.45, 2.75) is 13.3 Å². The first-order chi connectivity index (χ1) is 12.7. The maximum absolute atomic E-state index is 14.1. The number of para-hydroxylation sites is 1. The fraction of sp³-hybridized carbons (Fsp3) is 0.111. The second-order valence-electron chi connectivity index (χ2n) is 5.50. The van der Waals surface area contributed by atoms with Crippen molar-refractivity contribution in [3.8, 4) is 28.7 Å². The van der Waals surface area contributed by atoms with Crippen LogP contribution < -0.4 is 0 Å². The molecule has 6 nitrogen and oxygen atoms in total. The lowest BCUT2D eigenvalue weighted by atomic mass is 10.2. The molecule has 0 fully saturated rings. The third-order valence-electron chi connectivity index (χ3n) is 3.92. The lowest BCUT2D eigenvalue weighted by Crippen LogP contribution is -2.04. The summed E-state index contributed by atoms with van der Waals surface area (Å²) in [5.41, 5.74) is 1.45. The molecule has 0 saturated heterocycles. The summed E-state index contributed by atoms with van der Waals surface area (Å²) in [5, 5.41) is 11.9. The molecule has 0 N–H and O–H groups in total. The van der Waals surface area contributed by atoms with Crippen molar-refractivity contribution in [3.05, 3.63) is 65.9 Å². The first-order valence-corrected chi connectivity index (χ1v) is 7.97. The fourth-order valence-corrected chi connectivity index (χ4v) is 2.67. The van der Waals surface area contributed by atoms with E-state index in [0.29, 0.717) is 17.8 Å². The normalized spacial score (nSPS) is 11.0. The van der Waals surface area contributed by atoms with E-state index >= 15 is 0 Å². The van der Waals surface area contributed by atoms with Gasteiger partial charge < -0.3 is 4.52 Å². The molecule has 4 aromatic rings. The Hall–Kier alpha value is -3.42. The van der Waals surface area contributed by atoms with Gasteiger partial charge in [0, 0.05) is 0 Å². The van der Waals surface area contributed by atoms with E-state index in [-0.39, 0.29) is 23.0 Å². The number of rotatable bonds is 4. The van der Waals surface area contributed by atoms with Gasteiger partial charge in [-0.25, -0.2) is 13.5 Å². The smallest absolute Gasteiger partial charge is 0.280 e. The lowest BCUT2D eigenvalue weighted by Gasteiger charge is -2.05. The van der Waals surface area contributed by atoms with Gasteiger partial charge >= 0.3 is 0 Å².